The summed E-state index contributed by atoms with van der Waals surface area (Å²) in [6.07, 6.45) is -1.03. The predicted octanol–water partition coefficient (Wildman–Crippen LogP) is 0.281. The van der Waals surface area contributed by atoms with Gasteiger partial charge in [0.25, 0.3) is 5.54 Å². The van der Waals surface area contributed by atoms with E-state index in [0.717, 1.165) is 11.1 Å². The van der Waals surface area contributed by atoms with Gasteiger partial charge in [0.2, 0.25) is 11.9 Å². The molecule has 3 atom stereocenters. The van der Waals surface area contributed by atoms with Gasteiger partial charge in [0, 0.05) is 11.3 Å². The zero-order valence-corrected chi connectivity index (χ0v) is 11.0. The Kier molecular flexibility index (Phi) is 2.52. The van der Waals surface area contributed by atoms with Crippen LogP contribution in [0.3, 0.4) is 0 Å². The molecule has 9 nitrogen and oxygen atoms in total. The van der Waals surface area contributed by atoms with Crippen molar-refractivity contribution in [3.8, 4) is 0 Å². The highest BCUT2D eigenvalue weighted by atomic mass is 16.8. The van der Waals surface area contributed by atoms with Crippen LogP contribution in [0.2, 0.25) is 0 Å². The van der Waals surface area contributed by atoms with Crippen LogP contribution in [0.1, 0.15) is 38.3 Å². The molecule has 1 aliphatic heterocycles. The number of nitrogens with zero attached hydrogens (tertiary/aromatic N) is 3. The van der Waals surface area contributed by atoms with Gasteiger partial charge in [0.1, 0.15) is 5.92 Å². The molecule has 0 spiro atoms. The number of nitro groups is 1. The maximum Gasteiger partial charge on any atom is 0.313 e. The van der Waals surface area contributed by atoms with E-state index in [-0.39, 0.29) is 22.8 Å². The largest absolute Gasteiger partial charge is 0.367 e. The lowest BCUT2D eigenvalue weighted by molar-refractivity contribution is -0.810. The lowest BCUT2D eigenvalue weighted by atomic mass is 9.67. The van der Waals surface area contributed by atoms with Gasteiger partial charge >= 0.3 is 5.82 Å². The van der Waals surface area contributed by atoms with Crippen LogP contribution in [-0.4, -0.2) is 27.0 Å². The van der Waals surface area contributed by atoms with Gasteiger partial charge in [0.05, 0.1) is 5.16 Å². The molecule has 2 heterocycles. The fraction of sp³-hybridized carbons (Fsp3) is 0.636. The van der Waals surface area contributed by atoms with E-state index in [2.05, 4.69) is 15.1 Å². The molecule has 0 amide bonds. The highest BCUT2D eigenvalue weighted by molar-refractivity contribution is 5.47. The molecule has 1 aromatic heterocycles. The summed E-state index contributed by atoms with van der Waals surface area (Å²) in [4.78, 5) is 11.3. The maximum absolute atomic E-state index is 11.7. The minimum absolute atomic E-state index is 0.0716. The molecule has 0 fully saturated rings. The molecule has 9 heteroatoms. The van der Waals surface area contributed by atoms with Crippen molar-refractivity contribution in [3.05, 3.63) is 32.2 Å². The van der Waals surface area contributed by atoms with Crippen LogP contribution in [0.5, 0.6) is 0 Å². The molecule has 108 valence electrons. The summed E-state index contributed by atoms with van der Waals surface area (Å²) in [5.74, 6) is -0.696. The number of rotatable bonds is 1. The predicted molar refractivity (Wildman–Crippen MR) is 65.2 cm³/mol. The standard InChI is InChI=1S/C11H14N4O5/c1-5-3-7-8-9(13-20-14(8)17)12-10(16)11(7,15(18)19)4-6(5)2/h7,10,16H,3-4H2,1-2H3,(H,12,13)/t7-,10+,11+/m0/s1. The van der Waals surface area contributed by atoms with E-state index in [1.807, 2.05) is 6.92 Å². The average Bonchev–Trinajstić information content (AvgIpc) is 2.73. The summed E-state index contributed by atoms with van der Waals surface area (Å²) in [7, 11) is 0. The van der Waals surface area contributed by atoms with Crippen molar-refractivity contribution in [2.75, 3.05) is 5.32 Å². The number of anilines is 1. The number of hydrogen-bond acceptors (Lipinski definition) is 7. The molecular formula is C11H14N4O5. The Morgan fingerprint density at radius 2 is 2.25 bits per heavy atom. The summed E-state index contributed by atoms with van der Waals surface area (Å²) in [6.45, 7) is 3.67. The maximum atomic E-state index is 11.7. The third kappa shape index (κ3) is 1.40. The van der Waals surface area contributed by atoms with Crippen molar-refractivity contribution in [2.24, 2.45) is 0 Å². The third-order valence-corrected chi connectivity index (χ3v) is 4.45. The van der Waals surface area contributed by atoms with Gasteiger partial charge in [-0.05, 0) is 25.2 Å². The highest BCUT2D eigenvalue weighted by Gasteiger charge is 2.65. The van der Waals surface area contributed by atoms with Gasteiger partial charge in [0.15, 0.2) is 0 Å². The lowest BCUT2D eigenvalue weighted by Gasteiger charge is -2.41. The van der Waals surface area contributed by atoms with Gasteiger partial charge in [-0.1, -0.05) is 11.1 Å². The Morgan fingerprint density at radius 3 is 2.90 bits per heavy atom. The van der Waals surface area contributed by atoms with Gasteiger partial charge in [-0.25, -0.2) is 0 Å². The van der Waals surface area contributed by atoms with E-state index in [4.69, 9.17) is 0 Å². The van der Waals surface area contributed by atoms with Crippen LogP contribution in [0.4, 0.5) is 5.82 Å². The molecule has 0 radical (unpaired) electrons. The van der Waals surface area contributed by atoms with E-state index < -0.39 is 22.6 Å². The molecular weight excluding hydrogens is 268 g/mol. The minimum atomic E-state index is -1.67. The van der Waals surface area contributed by atoms with E-state index in [1.165, 1.54) is 0 Å². The molecule has 1 aromatic rings. The van der Waals surface area contributed by atoms with Crippen molar-refractivity contribution in [1.29, 1.82) is 0 Å². The fourth-order valence-corrected chi connectivity index (χ4v) is 3.17. The molecule has 1 aliphatic carbocycles. The fourth-order valence-electron chi connectivity index (χ4n) is 3.17. The molecule has 0 bridgehead atoms. The van der Waals surface area contributed by atoms with Gasteiger partial charge in [-0.3, -0.25) is 14.7 Å². The first-order chi connectivity index (χ1) is 9.37. The number of fused-ring (bicyclic) bond motifs is 3. The Labute approximate surface area is 113 Å². The number of nitrogens with one attached hydrogen (secondary N) is 1. The summed E-state index contributed by atoms with van der Waals surface area (Å²) < 4.78 is 4.50. The second-order valence-electron chi connectivity index (χ2n) is 5.45. The van der Waals surface area contributed by atoms with E-state index in [9.17, 15) is 20.4 Å². The average molecular weight is 282 g/mol. The van der Waals surface area contributed by atoms with E-state index >= 15 is 0 Å². The summed E-state index contributed by atoms with van der Waals surface area (Å²) in [5, 5.41) is 39.6. The zero-order valence-electron chi connectivity index (χ0n) is 11.0. The van der Waals surface area contributed by atoms with Crippen LogP contribution in [0.25, 0.3) is 0 Å². The Morgan fingerprint density at radius 1 is 1.55 bits per heavy atom. The van der Waals surface area contributed by atoms with Crippen molar-refractivity contribution >= 4 is 5.82 Å². The number of aliphatic hydroxyl groups excluding tert-OH is 1. The topological polar surface area (TPSA) is 128 Å². The van der Waals surface area contributed by atoms with Gasteiger partial charge in [-0.15, -0.1) is 0 Å². The normalized spacial score (nSPS) is 32.4. The van der Waals surface area contributed by atoms with E-state index in [0.29, 0.717) is 6.42 Å². The van der Waals surface area contributed by atoms with Gasteiger partial charge in [-0.2, -0.15) is 0 Å². The molecule has 0 unspecified atom stereocenters. The first kappa shape index (κ1) is 12.9. The number of aromatic nitrogens is 2. The smallest absolute Gasteiger partial charge is 0.313 e. The number of aliphatic hydroxyl groups is 1. The highest BCUT2D eigenvalue weighted by Crippen LogP contribution is 2.50. The van der Waals surface area contributed by atoms with Crippen molar-refractivity contribution in [1.82, 2.24) is 5.16 Å². The first-order valence-corrected chi connectivity index (χ1v) is 6.22. The Balaban J connectivity index is 2.23. The van der Waals surface area contributed by atoms with Crippen LogP contribution in [0.15, 0.2) is 15.8 Å². The SMILES string of the molecule is CC1=C(C)C[C@]2([N+](=O)[O-])[C@@H](O)Nc3no[n+]([O-])c3[C@@H]2C1. The first-order valence-electron chi connectivity index (χ1n) is 6.22. The second-order valence-corrected chi connectivity index (χ2v) is 5.45. The van der Waals surface area contributed by atoms with E-state index in [1.54, 1.807) is 6.92 Å². The molecule has 3 rings (SSSR count). The summed E-state index contributed by atoms with van der Waals surface area (Å²) in [5.41, 5.74) is 0.248. The third-order valence-electron chi connectivity index (χ3n) is 4.45. The summed E-state index contributed by atoms with van der Waals surface area (Å²) in [6, 6.07) is 0. The van der Waals surface area contributed by atoms with Crippen LogP contribution < -0.4 is 10.2 Å². The van der Waals surface area contributed by atoms with Crippen molar-refractivity contribution < 1.29 is 19.6 Å². The number of allylic oxidation sites excluding steroid dienone is 1. The monoisotopic (exact) mass is 282 g/mol. The molecule has 2 N–H and O–H groups in total. The lowest BCUT2D eigenvalue weighted by Crippen LogP contribution is -2.62. The Hall–Kier alpha value is -2.16. The van der Waals surface area contributed by atoms with Gasteiger partial charge < -0.3 is 15.6 Å². The van der Waals surface area contributed by atoms with Crippen molar-refractivity contribution in [3.63, 3.8) is 0 Å². The van der Waals surface area contributed by atoms with Crippen LogP contribution >= 0.6 is 0 Å². The molecule has 20 heavy (non-hydrogen) atoms. The molecule has 0 aromatic carbocycles. The van der Waals surface area contributed by atoms with Crippen LogP contribution in [-0.2, 0) is 0 Å². The second kappa shape index (κ2) is 3.92. The number of hydrogen-bond donors (Lipinski definition) is 2. The molecule has 0 saturated carbocycles. The summed E-state index contributed by atoms with van der Waals surface area (Å²) >= 11 is 0. The Bertz CT molecular complexity index is 624. The van der Waals surface area contributed by atoms with Crippen LogP contribution in [0, 0.1) is 15.3 Å². The zero-order chi connectivity index (χ0) is 14.7. The molecule has 2 aliphatic rings. The molecule has 0 saturated heterocycles. The van der Waals surface area contributed by atoms with Crippen molar-refractivity contribution in [2.45, 2.75) is 44.4 Å². The minimum Gasteiger partial charge on any atom is -0.367 e. The quantitative estimate of drug-likeness (QED) is 0.327.